The van der Waals surface area contributed by atoms with Crippen molar-refractivity contribution in [3.8, 4) is 0 Å². The Hall–Kier alpha value is -2.05. The zero-order valence-corrected chi connectivity index (χ0v) is 10.2. The second kappa shape index (κ2) is 6.04. The van der Waals surface area contributed by atoms with Gasteiger partial charge in [-0.15, -0.1) is 0 Å². The van der Waals surface area contributed by atoms with Crippen molar-refractivity contribution in [2.45, 2.75) is 39.3 Å². The van der Waals surface area contributed by atoms with Crippen LogP contribution in [0.25, 0.3) is 0 Å². The number of rotatable bonds is 3. The third-order valence-electron chi connectivity index (χ3n) is 1.96. The molecule has 0 amide bonds. The van der Waals surface area contributed by atoms with Gasteiger partial charge in [0.15, 0.2) is 6.10 Å². The van der Waals surface area contributed by atoms with Crippen molar-refractivity contribution in [1.82, 2.24) is 0 Å². The predicted molar refractivity (Wildman–Crippen MR) is 56.9 cm³/mol. The van der Waals surface area contributed by atoms with Crippen LogP contribution in [0.3, 0.4) is 0 Å². The molecule has 0 spiro atoms. The van der Waals surface area contributed by atoms with E-state index in [1.165, 1.54) is 33.1 Å². The lowest BCUT2D eigenvalue weighted by Crippen LogP contribution is -2.47. The fourth-order valence-electron chi connectivity index (χ4n) is 1.41. The quantitative estimate of drug-likeness (QED) is 0.408. The van der Waals surface area contributed by atoms with Gasteiger partial charge in [0, 0.05) is 20.8 Å². The van der Waals surface area contributed by atoms with Crippen LogP contribution in [0.4, 0.5) is 0 Å². The molecule has 18 heavy (non-hydrogen) atoms. The average Bonchev–Trinajstić information content (AvgIpc) is 2.20. The van der Waals surface area contributed by atoms with Gasteiger partial charge in [-0.2, -0.15) is 0 Å². The Labute approximate surface area is 104 Å². The summed E-state index contributed by atoms with van der Waals surface area (Å²) in [7, 11) is 0. The molecule has 7 heteroatoms. The second-order valence-electron chi connectivity index (χ2n) is 3.59. The van der Waals surface area contributed by atoms with E-state index < -0.39 is 36.4 Å². The molecule has 100 valence electrons. The predicted octanol–water partition coefficient (Wildman–Crippen LogP) is 0.283. The van der Waals surface area contributed by atoms with E-state index in [9.17, 15) is 14.4 Å². The molecule has 0 saturated heterocycles. The number of ether oxygens (including phenoxy) is 4. The molecule has 0 aromatic carbocycles. The van der Waals surface area contributed by atoms with E-state index in [4.69, 9.17) is 18.9 Å². The van der Waals surface area contributed by atoms with Gasteiger partial charge in [-0.1, -0.05) is 0 Å². The molecule has 0 saturated carbocycles. The number of carbonyl (C=O) groups is 3. The molecule has 0 aromatic heterocycles. The van der Waals surface area contributed by atoms with Crippen LogP contribution in [0.5, 0.6) is 0 Å². The molecule has 0 aromatic rings. The Morgan fingerprint density at radius 1 is 0.944 bits per heavy atom. The number of esters is 3. The summed E-state index contributed by atoms with van der Waals surface area (Å²) in [5.74, 6) is -1.76. The van der Waals surface area contributed by atoms with Crippen molar-refractivity contribution in [1.29, 1.82) is 0 Å². The van der Waals surface area contributed by atoms with Crippen molar-refractivity contribution in [3.63, 3.8) is 0 Å². The van der Waals surface area contributed by atoms with Crippen LogP contribution >= 0.6 is 0 Å². The highest BCUT2D eigenvalue weighted by Gasteiger charge is 2.39. The van der Waals surface area contributed by atoms with Gasteiger partial charge < -0.3 is 18.9 Å². The summed E-state index contributed by atoms with van der Waals surface area (Å²) in [6, 6.07) is 0. The monoisotopic (exact) mass is 259 g/mol. The lowest BCUT2D eigenvalue weighted by molar-refractivity contribution is -0.217. The van der Waals surface area contributed by atoms with Crippen molar-refractivity contribution in [2.24, 2.45) is 0 Å². The fraction of sp³-hybridized carbons (Fsp3) is 0.545. The topological polar surface area (TPSA) is 88.1 Å². The van der Waals surface area contributed by atoms with E-state index in [-0.39, 0.29) is 0 Å². The van der Waals surface area contributed by atoms with Crippen molar-refractivity contribution in [3.05, 3.63) is 12.3 Å². The Balaban J connectivity index is 2.84. The van der Waals surface area contributed by atoms with Crippen LogP contribution in [-0.4, -0.2) is 36.4 Å². The van der Waals surface area contributed by atoms with E-state index in [2.05, 4.69) is 0 Å². The van der Waals surface area contributed by atoms with E-state index in [1.807, 2.05) is 0 Å². The van der Waals surface area contributed by atoms with Gasteiger partial charge in [-0.25, -0.2) is 0 Å². The molecule has 0 N–H and O–H groups in total. The summed E-state index contributed by atoms with van der Waals surface area (Å²) >= 11 is 0. The van der Waals surface area contributed by atoms with Gasteiger partial charge in [0.1, 0.15) is 0 Å². The van der Waals surface area contributed by atoms with E-state index >= 15 is 0 Å². The summed E-state index contributed by atoms with van der Waals surface area (Å²) < 4.78 is 19.7. The third kappa shape index (κ3) is 4.08. The van der Waals surface area contributed by atoms with Crippen LogP contribution in [0.2, 0.25) is 0 Å². The van der Waals surface area contributed by atoms with Gasteiger partial charge in [-0.3, -0.25) is 14.4 Å². The Kier molecular flexibility index (Phi) is 4.70. The zero-order valence-electron chi connectivity index (χ0n) is 10.2. The lowest BCUT2D eigenvalue weighted by Gasteiger charge is -2.32. The molecule has 0 aliphatic carbocycles. The molecule has 0 fully saturated rings. The van der Waals surface area contributed by atoms with Gasteiger partial charge in [0.05, 0.1) is 6.26 Å². The molecule has 7 nitrogen and oxygen atoms in total. The molecule has 0 bridgehead atoms. The molecule has 3 atom stereocenters. The molecule has 1 aliphatic rings. The first-order chi connectivity index (χ1) is 8.40. The fourth-order valence-corrected chi connectivity index (χ4v) is 1.41. The van der Waals surface area contributed by atoms with Gasteiger partial charge in [-0.05, 0) is 6.08 Å². The summed E-state index contributed by atoms with van der Waals surface area (Å²) in [5, 5.41) is 0. The molecule has 1 aliphatic heterocycles. The first-order valence-electron chi connectivity index (χ1n) is 5.24. The standard InChI is InChI=1S/C11H14O7/c1-6(12)16-9-4-5-15-11(18-8(3)14)10(9)17-7(2)13/h4-5,9-11H,1-3H3/t9-,10+,11-/m1/s1/i4+1. The van der Waals surface area contributed by atoms with Crippen molar-refractivity contribution >= 4 is 17.9 Å². The molecular weight excluding hydrogens is 245 g/mol. The SMILES string of the molecule is CC(=O)O[C@H]1OC=[13CH][C@@H](OC(C)=O)[C@@H]1OC(C)=O. The average molecular weight is 259 g/mol. The van der Waals surface area contributed by atoms with Crippen molar-refractivity contribution < 1.29 is 33.3 Å². The first-order valence-corrected chi connectivity index (χ1v) is 5.24. The zero-order chi connectivity index (χ0) is 13.7. The molecule has 0 unspecified atom stereocenters. The smallest absolute Gasteiger partial charge is 0.305 e. The molecule has 1 rings (SSSR count). The lowest BCUT2D eigenvalue weighted by atomic mass is 10.2. The summed E-state index contributed by atoms with van der Waals surface area (Å²) in [4.78, 5) is 32.8. The molecule has 0 radical (unpaired) electrons. The number of hydrogen-bond donors (Lipinski definition) is 0. The summed E-state index contributed by atoms with van der Waals surface area (Å²) in [6.07, 6.45) is -0.401. The highest BCUT2D eigenvalue weighted by atomic mass is 16.7. The maximum absolute atomic E-state index is 11.0. The maximum Gasteiger partial charge on any atom is 0.305 e. The second-order valence-corrected chi connectivity index (χ2v) is 3.59. The van der Waals surface area contributed by atoms with Crippen LogP contribution in [0.15, 0.2) is 12.3 Å². The van der Waals surface area contributed by atoms with Gasteiger partial charge in [0.25, 0.3) is 6.29 Å². The summed E-state index contributed by atoms with van der Waals surface area (Å²) in [5.41, 5.74) is 0. The number of carbonyl (C=O) groups excluding carboxylic acids is 3. The Morgan fingerprint density at radius 3 is 2.00 bits per heavy atom. The Morgan fingerprint density at radius 2 is 1.50 bits per heavy atom. The molecule has 1 heterocycles. The normalized spacial score (nSPS) is 25.8. The van der Waals surface area contributed by atoms with E-state index in [0.717, 1.165) is 0 Å². The van der Waals surface area contributed by atoms with Gasteiger partial charge >= 0.3 is 17.9 Å². The van der Waals surface area contributed by atoms with Crippen LogP contribution < -0.4 is 0 Å². The highest BCUT2D eigenvalue weighted by Crippen LogP contribution is 2.20. The van der Waals surface area contributed by atoms with Crippen LogP contribution in [-0.2, 0) is 33.3 Å². The highest BCUT2D eigenvalue weighted by molar-refractivity contribution is 5.68. The first kappa shape index (κ1) is 14.0. The van der Waals surface area contributed by atoms with E-state index in [0.29, 0.717) is 0 Å². The minimum absolute atomic E-state index is 0.551. The maximum atomic E-state index is 11.0. The van der Waals surface area contributed by atoms with Crippen LogP contribution in [0, 0.1) is 0 Å². The van der Waals surface area contributed by atoms with Crippen molar-refractivity contribution in [2.75, 3.05) is 0 Å². The van der Waals surface area contributed by atoms with Crippen LogP contribution in [0.1, 0.15) is 20.8 Å². The minimum atomic E-state index is -1.14. The minimum Gasteiger partial charge on any atom is -0.459 e. The van der Waals surface area contributed by atoms with E-state index in [1.54, 1.807) is 0 Å². The molecular formula is C11H14O7. The number of hydrogen-bond acceptors (Lipinski definition) is 7. The Bertz CT molecular complexity index is 374. The summed E-state index contributed by atoms with van der Waals surface area (Å²) in [6.45, 7) is 3.59. The third-order valence-corrected chi connectivity index (χ3v) is 1.96. The van der Waals surface area contributed by atoms with Gasteiger partial charge in [0.2, 0.25) is 6.10 Å². The largest absolute Gasteiger partial charge is 0.459 e.